The Labute approximate surface area is 209 Å². The molecular formula is C27H32BrN3O3. The molecule has 0 aliphatic carbocycles. The maximum atomic E-state index is 13.4. The number of nitrogens with zero attached hydrogens (tertiary/aromatic N) is 3. The molecule has 0 spiro atoms. The Morgan fingerprint density at radius 1 is 1.26 bits per heavy atom. The summed E-state index contributed by atoms with van der Waals surface area (Å²) >= 11 is 3.44. The lowest BCUT2D eigenvalue weighted by Crippen LogP contribution is -2.29. The van der Waals surface area contributed by atoms with Crippen molar-refractivity contribution in [3.63, 3.8) is 0 Å². The lowest BCUT2D eigenvalue weighted by Gasteiger charge is -2.21. The highest BCUT2D eigenvalue weighted by Gasteiger charge is 2.23. The Morgan fingerprint density at radius 2 is 2.00 bits per heavy atom. The summed E-state index contributed by atoms with van der Waals surface area (Å²) in [6.45, 7) is 14.0. The van der Waals surface area contributed by atoms with Gasteiger partial charge in [0.15, 0.2) is 11.5 Å². The number of fused-ring (bicyclic) bond motifs is 1. The molecule has 6 nitrogen and oxygen atoms in total. The zero-order chi connectivity index (χ0) is 25.0. The molecule has 0 amide bonds. The van der Waals surface area contributed by atoms with Gasteiger partial charge in [0.1, 0.15) is 5.82 Å². The Morgan fingerprint density at radius 3 is 2.62 bits per heavy atom. The van der Waals surface area contributed by atoms with Gasteiger partial charge < -0.3 is 9.47 Å². The minimum atomic E-state index is -0.391. The molecule has 0 bridgehead atoms. The fourth-order valence-electron chi connectivity index (χ4n) is 3.50. The Hall–Kier alpha value is -2.93. The maximum Gasteiger partial charge on any atom is 0.282 e. The molecule has 2 aromatic carbocycles. The van der Waals surface area contributed by atoms with Crippen molar-refractivity contribution in [2.75, 3.05) is 7.11 Å². The van der Waals surface area contributed by atoms with Crippen molar-refractivity contribution in [2.45, 2.75) is 59.0 Å². The van der Waals surface area contributed by atoms with Crippen molar-refractivity contribution in [3.8, 4) is 11.5 Å². The molecule has 0 N–H and O–H groups in total. The number of aromatic nitrogens is 2. The minimum Gasteiger partial charge on any atom is -0.493 e. The number of rotatable bonds is 8. The zero-order valence-corrected chi connectivity index (χ0v) is 22.3. The molecule has 0 unspecified atom stereocenters. The third-order valence-corrected chi connectivity index (χ3v) is 5.93. The van der Waals surface area contributed by atoms with Crippen LogP contribution in [-0.4, -0.2) is 29.1 Å². The highest BCUT2D eigenvalue weighted by atomic mass is 79.9. The average Bonchev–Trinajstić information content (AvgIpc) is 2.79. The van der Waals surface area contributed by atoms with E-state index in [1.54, 1.807) is 19.4 Å². The van der Waals surface area contributed by atoms with Gasteiger partial charge >= 0.3 is 0 Å². The second kappa shape index (κ2) is 10.6. The first-order chi connectivity index (χ1) is 16.1. The summed E-state index contributed by atoms with van der Waals surface area (Å²) in [6.07, 6.45) is 5.02. The molecule has 180 valence electrons. The Bertz CT molecular complexity index is 1290. The average molecular weight is 526 g/mol. The molecule has 0 aliphatic rings. The second-order valence-electron chi connectivity index (χ2n) is 9.25. The molecule has 34 heavy (non-hydrogen) atoms. The predicted molar refractivity (Wildman–Crippen MR) is 143 cm³/mol. The van der Waals surface area contributed by atoms with Gasteiger partial charge in [0.05, 0.1) is 30.3 Å². The van der Waals surface area contributed by atoms with E-state index in [1.807, 2.05) is 58.0 Å². The molecule has 1 aromatic heterocycles. The number of hydrogen-bond acceptors (Lipinski definition) is 5. The Balaban J connectivity index is 2.17. The smallest absolute Gasteiger partial charge is 0.282 e. The summed E-state index contributed by atoms with van der Waals surface area (Å²) in [5, 5.41) is 5.09. The predicted octanol–water partition coefficient (Wildman–Crippen LogP) is 6.25. The third-order valence-electron chi connectivity index (χ3n) is 5.43. The molecule has 1 heterocycles. The van der Waals surface area contributed by atoms with Gasteiger partial charge in [-0.1, -0.05) is 49.7 Å². The molecule has 3 aromatic rings. The number of methoxy groups -OCH3 is 1. The van der Waals surface area contributed by atoms with Gasteiger partial charge in [-0.2, -0.15) is 9.78 Å². The van der Waals surface area contributed by atoms with Crippen LogP contribution in [0, 0.1) is 0 Å². The topological polar surface area (TPSA) is 65.7 Å². The number of allylic oxidation sites excluding steroid dienone is 1. The van der Waals surface area contributed by atoms with Gasteiger partial charge in [-0.25, -0.2) is 4.98 Å². The fourth-order valence-corrected chi connectivity index (χ4v) is 3.86. The van der Waals surface area contributed by atoms with Crippen LogP contribution in [0.1, 0.15) is 58.0 Å². The molecule has 3 rings (SSSR count). The van der Waals surface area contributed by atoms with Crippen LogP contribution in [0.25, 0.3) is 10.9 Å². The first-order valence-corrected chi connectivity index (χ1v) is 12.1. The molecular weight excluding hydrogens is 494 g/mol. The lowest BCUT2D eigenvalue weighted by atomic mass is 9.95. The van der Waals surface area contributed by atoms with Gasteiger partial charge in [0.2, 0.25) is 0 Å². The highest BCUT2D eigenvalue weighted by Crippen LogP contribution is 2.34. The summed E-state index contributed by atoms with van der Waals surface area (Å²) in [5.74, 6) is 1.90. The summed E-state index contributed by atoms with van der Waals surface area (Å²) < 4.78 is 14.0. The normalized spacial score (nSPS) is 12.8. The summed E-state index contributed by atoms with van der Waals surface area (Å²) in [4.78, 5) is 18.2. The number of ether oxygens (including phenoxy) is 2. The van der Waals surface area contributed by atoms with Gasteiger partial charge in [0.25, 0.3) is 5.56 Å². The van der Waals surface area contributed by atoms with Crippen LogP contribution in [0.2, 0.25) is 0 Å². The first-order valence-electron chi connectivity index (χ1n) is 11.3. The third kappa shape index (κ3) is 5.58. The highest BCUT2D eigenvalue weighted by molar-refractivity contribution is 9.10. The van der Waals surface area contributed by atoms with E-state index in [-0.39, 0.29) is 11.7 Å². The molecule has 0 aliphatic heterocycles. The van der Waals surface area contributed by atoms with Gasteiger partial charge in [0, 0.05) is 15.5 Å². The SMILES string of the molecule is C=CCc1cc(C=Nn2c(C(C)(C)C)nc3ccc(Br)cc3c2=O)cc(OC)c1O[C@H](C)CC. The van der Waals surface area contributed by atoms with Crippen molar-refractivity contribution in [1.29, 1.82) is 0 Å². The summed E-state index contributed by atoms with van der Waals surface area (Å²) in [7, 11) is 1.62. The number of hydrogen-bond donors (Lipinski definition) is 0. The van der Waals surface area contributed by atoms with E-state index in [1.165, 1.54) is 4.68 Å². The van der Waals surface area contributed by atoms with Gasteiger partial charge in [-0.3, -0.25) is 4.79 Å². The molecule has 0 radical (unpaired) electrons. The zero-order valence-electron chi connectivity index (χ0n) is 20.7. The molecule has 0 saturated carbocycles. The van der Waals surface area contributed by atoms with Crippen LogP contribution in [0.15, 0.2) is 57.4 Å². The van der Waals surface area contributed by atoms with Crippen LogP contribution in [0.4, 0.5) is 0 Å². The van der Waals surface area contributed by atoms with Crippen LogP contribution < -0.4 is 15.0 Å². The molecule has 0 fully saturated rings. The van der Waals surface area contributed by atoms with Crippen LogP contribution in [0.5, 0.6) is 11.5 Å². The van der Waals surface area contributed by atoms with Crippen LogP contribution in [-0.2, 0) is 11.8 Å². The van der Waals surface area contributed by atoms with Crippen molar-refractivity contribution in [1.82, 2.24) is 9.66 Å². The van der Waals surface area contributed by atoms with Crippen LogP contribution in [0.3, 0.4) is 0 Å². The standard InChI is InChI=1S/C27H32BrN3O3/c1-8-10-19-13-18(14-23(33-7)24(19)34-17(3)9-2)16-29-31-25(32)21-15-20(28)11-12-22(21)30-26(31)27(4,5)6/h8,11-17H,1,9-10H2,2-7H3/t17-/m1/s1. The van der Waals surface area contributed by atoms with Crippen molar-refractivity contribution in [3.05, 3.63) is 74.8 Å². The van der Waals surface area contributed by atoms with E-state index >= 15 is 0 Å². The number of benzene rings is 2. The quantitative estimate of drug-likeness (QED) is 0.257. The maximum absolute atomic E-state index is 13.4. The van der Waals surface area contributed by atoms with Gasteiger partial charge in [-0.05, 0) is 55.7 Å². The first kappa shape index (κ1) is 25.7. The van der Waals surface area contributed by atoms with E-state index in [4.69, 9.17) is 14.5 Å². The van der Waals surface area contributed by atoms with E-state index in [2.05, 4.69) is 34.5 Å². The monoisotopic (exact) mass is 525 g/mol. The number of halogens is 1. The van der Waals surface area contributed by atoms with E-state index in [0.717, 1.165) is 22.0 Å². The minimum absolute atomic E-state index is 0.0490. The van der Waals surface area contributed by atoms with E-state index < -0.39 is 5.41 Å². The van der Waals surface area contributed by atoms with Crippen molar-refractivity contribution >= 4 is 33.0 Å². The van der Waals surface area contributed by atoms with Crippen LogP contribution >= 0.6 is 15.9 Å². The van der Waals surface area contributed by atoms with E-state index in [9.17, 15) is 4.79 Å². The second-order valence-corrected chi connectivity index (χ2v) is 10.2. The van der Waals surface area contributed by atoms with Crippen molar-refractivity contribution < 1.29 is 9.47 Å². The molecule has 7 heteroatoms. The largest absolute Gasteiger partial charge is 0.493 e. The molecule has 0 saturated heterocycles. The van der Waals surface area contributed by atoms with Gasteiger partial charge in [-0.15, -0.1) is 6.58 Å². The Kier molecular flexibility index (Phi) is 7.97. The summed E-state index contributed by atoms with van der Waals surface area (Å²) in [6, 6.07) is 9.34. The molecule has 1 atom stereocenters. The van der Waals surface area contributed by atoms with E-state index in [0.29, 0.717) is 34.6 Å². The van der Waals surface area contributed by atoms with Crippen molar-refractivity contribution in [2.24, 2.45) is 5.10 Å². The lowest BCUT2D eigenvalue weighted by molar-refractivity contribution is 0.206. The summed E-state index contributed by atoms with van der Waals surface area (Å²) in [5.41, 5.74) is 1.76. The fraction of sp³-hybridized carbons (Fsp3) is 0.370.